The molecule has 5 heteroatoms. The Morgan fingerprint density at radius 1 is 1.05 bits per heavy atom. The lowest BCUT2D eigenvalue weighted by Gasteiger charge is -2.19. The molecule has 0 saturated heterocycles. The smallest absolute Gasteiger partial charge is 0.160 e. The lowest BCUT2D eigenvalue weighted by Crippen LogP contribution is -2.23. The molecule has 3 aromatic rings. The van der Waals surface area contributed by atoms with Gasteiger partial charge in [-0.05, 0) is 24.2 Å². The molecule has 0 radical (unpaired) electrons. The first-order chi connectivity index (χ1) is 10.3. The van der Waals surface area contributed by atoms with Crippen molar-refractivity contribution in [1.29, 1.82) is 0 Å². The van der Waals surface area contributed by atoms with Crippen LogP contribution in [0.25, 0.3) is 5.65 Å². The molecule has 3 rings (SSSR count). The number of aromatic nitrogens is 3. The third-order valence-corrected chi connectivity index (χ3v) is 3.56. The van der Waals surface area contributed by atoms with Crippen molar-refractivity contribution in [2.75, 3.05) is 12.3 Å². The van der Waals surface area contributed by atoms with Crippen molar-refractivity contribution < 1.29 is 0 Å². The van der Waals surface area contributed by atoms with Crippen LogP contribution in [0.4, 0.5) is 5.69 Å². The van der Waals surface area contributed by atoms with Crippen molar-refractivity contribution in [3.05, 3.63) is 60.0 Å². The van der Waals surface area contributed by atoms with Gasteiger partial charge < -0.3 is 5.73 Å². The fourth-order valence-electron chi connectivity index (χ4n) is 2.38. The molecule has 108 valence electrons. The molecule has 0 spiro atoms. The highest BCUT2D eigenvalue weighted by Gasteiger charge is 2.10. The maximum absolute atomic E-state index is 5.85. The Balaban J connectivity index is 1.81. The van der Waals surface area contributed by atoms with Crippen LogP contribution in [0.15, 0.2) is 48.7 Å². The Morgan fingerprint density at radius 3 is 2.62 bits per heavy atom. The first kappa shape index (κ1) is 13.6. The number of anilines is 1. The van der Waals surface area contributed by atoms with Gasteiger partial charge in [0.25, 0.3) is 0 Å². The molecule has 0 aliphatic carbocycles. The van der Waals surface area contributed by atoms with Gasteiger partial charge in [-0.25, -0.2) is 0 Å². The summed E-state index contributed by atoms with van der Waals surface area (Å²) in [6.07, 6.45) is 1.88. The minimum atomic E-state index is 0.717. The van der Waals surface area contributed by atoms with Gasteiger partial charge in [0.15, 0.2) is 11.5 Å². The van der Waals surface area contributed by atoms with Gasteiger partial charge in [0.1, 0.15) is 0 Å². The zero-order chi connectivity index (χ0) is 14.7. The van der Waals surface area contributed by atoms with E-state index < -0.39 is 0 Å². The van der Waals surface area contributed by atoms with Crippen LogP contribution >= 0.6 is 0 Å². The molecule has 0 aliphatic rings. The van der Waals surface area contributed by atoms with E-state index in [0.717, 1.165) is 36.8 Å². The van der Waals surface area contributed by atoms with E-state index in [-0.39, 0.29) is 0 Å². The predicted octanol–water partition coefficient (Wildman–Crippen LogP) is 2.33. The van der Waals surface area contributed by atoms with Crippen LogP contribution < -0.4 is 5.73 Å². The van der Waals surface area contributed by atoms with Gasteiger partial charge in [-0.3, -0.25) is 9.30 Å². The van der Waals surface area contributed by atoms with Crippen LogP contribution in [0.3, 0.4) is 0 Å². The van der Waals surface area contributed by atoms with Gasteiger partial charge in [-0.1, -0.05) is 37.3 Å². The summed E-state index contributed by atoms with van der Waals surface area (Å²) in [5, 5.41) is 8.47. The Kier molecular flexibility index (Phi) is 3.83. The molecule has 0 unspecified atom stereocenters. The second kappa shape index (κ2) is 5.93. The summed E-state index contributed by atoms with van der Waals surface area (Å²) in [6.45, 7) is 4.75. The van der Waals surface area contributed by atoms with Crippen molar-refractivity contribution in [2.24, 2.45) is 0 Å². The SMILES string of the molecule is CCN(Cc1ccccc1)Cc1nnc2ccc(N)cn12. The quantitative estimate of drug-likeness (QED) is 0.780. The third-order valence-electron chi connectivity index (χ3n) is 3.56. The number of hydrogen-bond donors (Lipinski definition) is 1. The van der Waals surface area contributed by atoms with Crippen molar-refractivity contribution >= 4 is 11.3 Å². The summed E-state index contributed by atoms with van der Waals surface area (Å²) in [7, 11) is 0. The maximum Gasteiger partial charge on any atom is 0.160 e. The Labute approximate surface area is 124 Å². The molecule has 2 N–H and O–H groups in total. The molecule has 5 nitrogen and oxygen atoms in total. The van der Waals surface area contributed by atoms with Gasteiger partial charge in [-0.2, -0.15) is 0 Å². The molecule has 2 aromatic heterocycles. The van der Waals surface area contributed by atoms with Crippen LogP contribution in [0.2, 0.25) is 0 Å². The summed E-state index contributed by atoms with van der Waals surface area (Å²) < 4.78 is 1.96. The number of fused-ring (bicyclic) bond motifs is 1. The summed E-state index contributed by atoms with van der Waals surface area (Å²) >= 11 is 0. The predicted molar refractivity (Wildman–Crippen MR) is 83.6 cm³/mol. The van der Waals surface area contributed by atoms with Crippen molar-refractivity contribution in [3.63, 3.8) is 0 Å². The highest BCUT2D eigenvalue weighted by Crippen LogP contribution is 2.12. The summed E-state index contributed by atoms with van der Waals surface area (Å²) in [6, 6.07) is 14.2. The van der Waals surface area contributed by atoms with E-state index in [1.807, 2.05) is 28.8 Å². The number of nitrogens with two attached hydrogens (primary N) is 1. The molecule has 0 aliphatic heterocycles. The van der Waals surface area contributed by atoms with E-state index in [4.69, 9.17) is 5.73 Å². The second-order valence-electron chi connectivity index (χ2n) is 5.10. The third kappa shape index (κ3) is 3.03. The number of nitrogens with zero attached hydrogens (tertiary/aromatic N) is 4. The van der Waals surface area contributed by atoms with Crippen molar-refractivity contribution in [3.8, 4) is 0 Å². The number of benzene rings is 1. The first-order valence-electron chi connectivity index (χ1n) is 7.11. The normalized spacial score (nSPS) is 11.3. The van der Waals surface area contributed by atoms with E-state index in [2.05, 4.69) is 46.3 Å². The first-order valence-corrected chi connectivity index (χ1v) is 7.11. The molecule has 0 fully saturated rings. The Morgan fingerprint density at radius 2 is 1.86 bits per heavy atom. The standard InChI is InChI=1S/C16H19N5/c1-2-20(10-13-6-4-3-5-7-13)12-16-19-18-15-9-8-14(17)11-21(15)16/h3-9,11H,2,10,12,17H2,1H3. The van der Waals surface area contributed by atoms with Crippen LogP contribution in [0, 0.1) is 0 Å². The molecule has 21 heavy (non-hydrogen) atoms. The van der Waals surface area contributed by atoms with Crippen molar-refractivity contribution in [1.82, 2.24) is 19.5 Å². The molecule has 0 saturated carbocycles. The number of pyridine rings is 1. The number of rotatable bonds is 5. The molecule has 1 aromatic carbocycles. The van der Waals surface area contributed by atoms with E-state index in [9.17, 15) is 0 Å². The van der Waals surface area contributed by atoms with E-state index in [0.29, 0.717) is 0 Å². The van der Waals surface area contributed by atoms with E-state index in [1.165, 1.54) is 5.56 Å². The fraction of sp³-hybridized carbons (Fsp3) is 0.250. The zero-order valence-electron chi connectivity index (χ0n) is 12.1. The Hall–Kier alpha value is -2.40. The highest BCUT2D eigenvalue weighted by atomic mass is 15.3. The fourth-order valence-corrected chi connectivity index (χ4v) is 2.38. The minimum Gasteiger partial charge on any atom is -0.398 e. The largest absolute Gasteiger partial charge is 0.398 e. The summed E-state index contributed by atoms with van der Waals surface area (Å²) in [5.74, 6) is 0.912. The van der Waals surface area contributed by atoms with Crippen LogP contribution in [-0.4, -0.2) is 26.0 Å². The number of hydrogen-bond acceptors (Lipinski definition) is 4. The van der Waals surface area contributed by atoms with Gasteiger partial charge in [0.05, 0.1) is 6.54 Å². The maximum atomic E-state index is 5.85. The van der Waals surface area contributed by atoms with Crippen LogP contribution in [0.5, 0.6) is 0 Å². The average molecular weight is 281 g/mol. The second-order valence-corrected chi connectivity index (χ2v) is 5.10. The molecule has 0 atom stereocenters. The van der Waals surface area contributed by atoms with Gasteiger partial charge in [0, 0.05) is 18.4 Å². The van der Waals surface area contributed by atoms with Crippen LogP contribution in [0.1, 0.15) is 18.3 Å². The molecule has 0 bridgehead atoms. The van der Waals surface area contributed by atoms with Gasteiger partial charge in [0.2, 0.25) is 0 Å². The average Bonchev–Trinajstić information content (AvgIpc) is 2.90. The van der Waals surface area contributed by atoms with Gasteiger partial charge in [-0.15, -0.1) is 10.2 Å². The minimum absolute atomic E-state index is 0.717. The lowest BCUT2D eigenvalue weighted by molar-refractivity contribution is 0.263. The molecular formula is C16H19N5. The van der Waals surface area contributed by atoms with E-state index in [1.54, 1.807) is 0 Å². The topological polar surface area (TPSA) is 59.5 Å². The Bertz CT molecular complexity index is 720. The van der Waals surface area contributed by atoms with Crippen LogP contribution in [-0.2, 0) is 13.1 Å². The zero-order valence-corrected chi connectivity index (χ0v) is 12.1. The van der Waals surface area contributed by atoms with E-state index >= 15 is 0 Å². The van der Waals surface area contributed by atoms with Crippen molar-refractivity contribution in [2.45, 2.75) is 20.0 Å². The molecule has 0 amide bonds. The monoisotopic (exact) mass is 281 g/mol. The molecule has 2 heterocycles. The highest BCUT2D eigenvalue weighted by molar-refractivity contribution is 5.47. The lowest BCUT2D eigenvalue weighted by atomic mass is 10.2. The number of nitrogen functional groups attached to an aromatic ring is 1. The molecular weight excluding hydrogens is 262 g/mol. The summed E-state index contributed by atoms with van der Waals surface area (Å²) in [5.41, 5.74) is 8.69. The van der Waals surface area contributed by atoms with Gasteiger partial charge >= 0.3 is 0 Å². The summed E-state index contributed by atoms with van der Waals surface area (Å²) in [4.78, 5) is 2.33.